The third kappa shape index (κ3) is 7.94. The van der Waals surface area contributed by atoms with Crippen LogP contribution in [0.2, 0.25) is 0 Å². The van der Waals surface area contributed by atoms with Crippen LogP contribution in [0.15, 0.2) is 54.6 Å². The Morgan fingerprint density at radius 3 is 2.26 bits per heavy atom. The van der Waals surface area contributed by atoms with Crippen LogP contribution in [0.1, 0.15) is 49.9 Å². The van der Waals surface area contributed by atoms with Crippen LogP contribution in [-0.2, 0) is 4.79 Å². The van der Waals surface area contributed by atoms with Crippen LogP contribution in [0, 0.1) is 6.92 Å². The maximum atomic E-state index is 12.3. The second-order valence-corrected chi connectivity index (χ2v) is 8.30. The number of amides is 1. The molecule has 2 rings (SSSR count). The van der Waals surface area contributed by atoms with Gasteiger partial charge in [-0.05, 0) is 27.7 Å². The van der Waals surface area contributed by atoms with E-state index >= 15 is 0 Å². The zero-order valence-electron chi connectivity index (χ0n) is 17.2. The monoisotopic (exact) mass is 369 g/mol. The number of nitrogens with two attached hydrogens (primary N) is 2. The number of benzene rings is 2. The van der Waals surface area contributed by atoms with Gasteiger partial charge in [0.15, 0.2) is 6.54 Å². The molecule has 0 radical (unpaired) electrons. The summed E-state index contributed by atoms with van der Waals surface area (Å²) in [6, 6.07) is 19.1. The van der Waals surface area contributed by atoms with E-state index in [1.165, 1.54) is 16.7 Å². The van der Waals surface area contributed by atoms with Crippen LogP contribution in [0.3, 0.4) is 0 Å². The van der Waals surface area contributed by atoms with Gasteiger partial charge in [0.25, 0.3) is 5.91 Å². The molecule has 4 heteroatoms. The number of quaternary nitrogens is 2. The molecule has 0 saturated heterocycles. The lowest BCUT2D eigenvalue weighted by Crippen LogP contribution is -2.94. The van der Waals surface area contributed by atoms with Gasteiger partial charge in [0.05, 0.1) is 12.1 Å². The molecule has 0 aliphatic heterocycles. The van der Waals surface area contributed by atoms with Crippen LogP contribution in [0.4, 0.5) is 0 Å². The van der Waals surface area contributed by atoms with Gasteiger partial charge in [0.2, 0.25) is 0 Å². The van der Waals surface area contributed by atoms with Crippen LogP contribution < -0.4 is 16.0 Å². The van der Waals surface area contributed by atoms with E-state index in [0.717, 1.165) is 19.5 Å². The summed E-state index contributed by atoms with van der Waals surface area (Å²) < 4.78 is 0. The van der Waals surface area contributed by atoms with Crippen LogP contribution in [0.25, 0.3) is 0 Å². The van der Waals surface area contributed by atoms with Crippen LogP contribution in [-0.4, -0.2) is 31.1 Å². The molecule has 27 heavy (non-hydrogen) atoms. The van der Waals surface area contributed by atoms with E-state index in [0.29, 0.717) is 6.54 Å². The fourth-order valence-corrected chi connectivity index (χ4v) is 3.06. The molecule has 0 aliphatic carbocycles. The molecule has 5 N–H and O–H groups in total. The lowest BCUT2D eigenvalue weighted by atomic mass is 9.98. The zero-order chi connectivity index (χ0) is 19.7. The molecule has 4 nitrogen and oxygen atoms in total. The average molecular weight is 370 g/mol. The Labute approximate surface area is 163 Å². The Morgan fingerprint density at radius 1 is 1.00 bits per heavy atom. The van der Waals surface area contributed by atoms with Crippen LogP contribution >= 0.6 is 0 Å². The van der Waals surface area contributed by atoms with Gasteiger partial charge in [-0.1, -0.05) is 60.2 Å². The summed E-state index contributed by atoms with van der Waals surface area (Å²) in [7, 11) is 0. The van der Waals surface area contributed by atoms with Crippen molar-refractivity contribution in [3.63, 3.8) is 0 Å². The molecule has 2 aromatic rings. The molecule has 0 unspecified atom stereocenters. The second-order valence-electron chi connectivity index (χ2n) is 8.30. The predicted molar refractivity (Wildman–Crippen MR) is 110 cm³/mol. The lowest BCUT2D eigenvalue weighted by Gasteiger charge is -2.17. The van der Waals surface area contributed by atoms with Gasteiger partial charge in [-0.25, -0.2) is 0 Å². The average Bonchev–Trinajstić information content (AvgIpc) is 2.63. The van der Waals surface area contributed by atoms with E-state index in [4.69, 9.17) is 0 Å². The Kier molecular flexibility index (Phi) is 8.01. The molecule has 0 spiro atoms. The summed E-state index contributed by atoms with van der Waals surface area (Å²) in [5, 5.41) is 7.48. The van der Waals surface area contributed by atoms with Gasteiger partial charge in [-0.3, -0.25) is 4.79 Å². The Hall–Kier alpha value is -2.17. The molecule has 0 aromatic heterocycles. The number of nitrogens with one attached hydrogen (secondary N) is 1. The molecule has 2 aromatic carbocycles. The van der Waals surface area contributed by atoms with Crippen LogP contribution in [0.5, 0.6) is 0 Å². The molecule has 0 heterocycles. The van der Waals surface area contributed by atoms with Crippen molar-refractivity contribution in [3.05, 3.63) is 71.3 Å². The molecule has 0 aliphatic rings. The highest BCUT2D eigenvalue weighted by molar-refractivity contribution is 5.76. The summed E-state index contributed by atoms with van der Waals surface area (Å²) in [6.07, 6.45) is 0.989. The van der Waals surface area contributed by atoms with Crippen molar-refractivity contribution in [1.29, 1.82) is 0 Å². The minimum absolute atomic E-state index is 0.0961. The SMILES string of the molecule is Cc1ccc([C@@H]([NH2+]CC(=O)NCCC[NH2+]C(C)(C)C)c2ccccc2)cc1. The summed E-state index contributed by atoms with van der Waals surface area (Å²) in [4.78, 5) is 12.3. The van der Waals surface area contributed by atoms with E-state index in [1.807, 2.05) is 6.07 Å². The standard InChI is InChI=1S/C23H33N3O/c1-18-11-13-20(14-12-18)22(19-9-6-5-7-10-19)25-17-21(27)24-15-8-16-26-23(2,3)4/h5-7,9-14,22,25-26H,8,15-17H2,1-4H3,(H,24,27)/p+2/t22-/m0/s1. The topological polar surface area (TPSA) is 62.3 Å². The first-order valence-electron chi connectivity index (χ1n) is 9.91. The number of hydrogen-bond acceptors (Lipinski definition) is 1. The fraction of sp³-hybridized carbons (Fsp3) is 0.435. The Morgan fingerprint density at radius 2 is 1.63 bits per heavy atom. The maximum Gasteiger partial charge on any atom is 0.275 e. The minimum atomic E-state index is 0.0961. The number of hydrogen-bond donors (Lipinski definition) is 3. The highest BCUT2D eigenvalue weighted by Gasteiger charge is 2.18. The fourth-order valence-electron chi connectivity index (χ4n) is 3.06. The molecule has 0 fully saturated rings. The largest absolute Gasteiger partial charge is 0.351 e. The summed E-state index contributed by atoms with van der Waals surface area (Å²) >= 11 is 0. The second kappa shape index (κ2) is 10.2. The first-order chi connectivity index (χ1) is 12.8. The number of aryl methyl sites for hydroxylation is 1. The van der Waals surface area contributed by atoms with E-state index in [1.54, 1.807) is 0 Å². The van der Waals surface area contributed by atoms with Gasteiger partial charge in [0, 0.05) is 24.1 Å². The van der Waals surface area contributed by atoms with E-state index in [2.05, 4.69) is 92.2 Å². The number of rotatable bonds is 9. The van der Waals surface area contributed by atoms with E-state index in [9.17, 15) is 4.79 Å². The van der Waals surface area contributed by atoms with Gasteiger partial charge >= 0.3 is 0 Å². The first kappa shape index (κ1) is 21.1. The van der Waals surface area contributed by atoms with Gasteiger partial charge in [0.1, 0.15) is 6.04 Å². The summed E-state index contributed by atoms with van der Waals surface area (Å²) in [5.41, 5.74) is 3.93. The van der Waals surface area contributed by atoms with Crippen molar-refractivity contribution < 1.29 is 15.4 Å². The van der Waals surface area contributed by atoms with Gasteiger partial charge in [-0.15, -0.1) is 0 Å². The molecule has 0 bridgehead atoms. The highest BCUT2D eigenvalue weighted by Crippen LogP contribution is 2.18. The molecule has 1 atom stereocenters. The summed E-state index contributed by atoms with van der Waals surface area (Å²) in [5.74, 6) is 0.0961. The van der Waals surface area contributed by atoms with Crippen molar-refractivity contribution in [3.8, 4) is 0 Å². The smallest absolute Gasteiger partial charge is 0.275 e. The normalized spacial score (nSPS) is 12.6. The quantitative estimate of drug-likeness (QED) is 0.577. The maximum absolute atomic E-state index is 12.3. The van der Waals surface area contributed by atoms with Crippen molar-refractivity contribution in [2.24, 2.45) is 0 Å². The third-order valence-electron chi connectivity index (χ3n) is 4.59. The number of carbonyl (C=O) groups excluding carboxylic acids is 1. The molecular formula is C23H35N3O+2. The predicted octanol–water partition coefficient (Wildman–Crippen LogP) is 1.52. The minimum Gasteiger partial charge on any atom is -0.351 e. The van der Waals surface area contributed by atoms with Crippen molar-refractivity contribution in [2.75, 3.05) is 19.6 Å². The number of carbonyl (C=O) groups is 1. The van der Waals surface area contributed by atoms with Crippen molar-refractivity contribution in [2.45, 2.75) is 45.7 Å². The zero-order valence-corrected chi connectivity index (χ0v) is 17.2. The molecule has 146 valence electrons. The first-order valence-corrected chi connectivity index (χ1v) is 9.91. The van der Waals surface area contributed by atoms with Gasteiger partial charge in [-0.2, -0.15) is 0 Å². The Balaban J connectivity index is 1.87. The van der Waals surface area contributed by atoms with E-state index < -0.39 is 0 Å². The molecule has 0 saturated carbocycles. The van der Waals surface area contributed by atoms with Crippen molar-refractivity contribution >= 4 is 5.91 Å². The van der Waals surface area contributed by atoms with Crippen molar-refractivity contribution in [1.82, 2.24) is 5.32 Å². The Bertz CT molecular complexity index is 690. The lowest BCUT2D eigenvalue weighted by molar-refractivity contribution is -0.717. The molecular weight excluding hydrogens is 334 g/mol. The summed E-state index contributed by atoms with van der Waals surface area (Å²) in [6.45, 7) is 10.9. The van der Waals surface area contributed by atoms with E-state index in [-0.39, 0.29) is 17.5 Å². The highest BCUT2D eigenvalue weighted by atomic mass is 16.1. The molecule has 1 amide bonds. The van der Waals surface area contributed by atoms with Gasteiger partial charge < -0.3 is 16.0 Å². The third-order valence-corrected chi connectivity index (χ3v) is 4.59.